The molecule has 4 aromatic rings. The molecule has 142 valence electrons. The Labute approximate surface area is 162 Å². The molecule has 0 fully saturated rings. The van der Waals surface area contributed by atoms with Crippen LogP contribution in [0.5, 0.6) is 0 Å². The van der Waals surface area contributed by atoms with E-state index in [-0.39, 0.29) is 11.7 Å². The van der Waals surface area contributed by atoms with Gasteiger partial charge in [-0.25, -0.2) is 9.07 Å². The number of halogens is 1. The molecule has 5 nitrogen and oxygen atoms in total. The van der Waals surface area contributed by atoms with E-state index in [0.29, 0.717) is 12.2 Å². The summed E-state index contributed by atoms with van der Waals surface area (Å²) in [5.74, 6) is -0.411. The quantitative estimate of drug-likeness (QED) is 0.539. The van der Waals surface area contributed by atoms with Crippen LogP contribution in [0.2, 0.25) is 0 Å². The Hall–Kier alpha value is -3.41. The van der Waals surface area contributed by atoms with Crippen LogP contribution in [-0.4, -0.2) is 32.2 Å². The number of aryl methyl sites for hydroxylation is 2. The van der Waals surface area contributed by atoms with Gasteiger partial charge in [-0.3, -0.25) is 4.79 Å². The highest BCUT2D eigenvalue weighted by atomic mass is 19.1. The van der Waals surface area contributed by atoms with E-state index in [1.54, 1.807) is 28.9 Å². The minimum Gasteiger partial charge on any atom is -0.339 e. The SMILES string of the molecule is Cc1c(C(=O)N(C)Cc2cnn(-c3ccccc3)c2)n(C)c2ccc(F)cc12. The zero-order valence-electron chi connectivity index (χ0n) is 16.1. The van der Waals surface area contributed by atoms with Crippen molar-refractivity contribution < 1.29 is 9.18 Å². The number of hydrogen-bond donors (Lipinski definition) is 0. The maximum atomic E-state index is 13.6. The molecule has 0 saturated heterocycles. The second-order valence-electron chi connectivity index (χ2n) is 6.98. The number of hydrogen-bond acceptors (Lipinski definition) is 2. The molecule has 0 aliphatic carbocycles. The van der Waals surface area contributed by atoms with Crippen LogP contribution >= 0.6 is 0 Å². The molecule has 6 heteroatoms. The van der Waals surface area contributed by atoms with Gasteiger partial charge in [-0.1, -0.05) is 18.2 Å². The molecule has 0 atom stereocenters. The molecule has 0 unspecified atom stereocenters. The summed E-state index contributed by atoms with van der Waals surface area (Å²) in [6, 6.07) is 14.4. The van der Waals surface area contributed by atoms with Crippen molar-refractivity contribution >= 4 is 16.8 Å². The topological polar surface area (TPSA) is 43.1 Å². The lowest BCUT2D eigenvalue weighted by Crippen LogP contribution is -2.28. The molecule has 0 radical (unpaired) electrons. The predicted octanol–water partition coefficient (Wildman–Crippen LogP) is 4.08. The van der Waals surface area contributed by atoms with Crippen molar-refractivity contribution in [3.05, 3.63) is 83.6 Å². The molecule has 0 N–H and O–H groups in total. The molecule has 0 saturated carbocycles. The molecule has 0 aliphatic heterocycles. The Kier molecular flexibility index (Phi) is 4.47. The van der Waals surface area contributed by atoms with Crippen LogP contribution < -0.4 is 0 Å². The number of nitrogens with zero attached hydrogens (tertiary/aromatic N) is 4. The molecule has 2 aromatic carbocycles. The first kappa shape index (κ1) is 18.0. The number of fused-ring (bicyclic) bond motifs is 1. The average Bonchev–Trinajstić information content (AvgIpc) is 3.25. The van der Waals surface area contributed by atoms with Crippen molar-refractivity contribution in [2.24, 2.45) is 7.05 Å². The summed E-state index contributed by atoms with van der Waals surface area (Å²) in [5, 5.41) is 5.14. The van der Waals surface area contributed by atoms with Crippen LogP contribution in [0, 0.1) is 12.7 Å². The van der Waals surface area contributed by atoms with Gasteiger partial charge >= 0.3 is 0 Å². The summed E-state index contributed by atoms with van der Waals surface area (Å²) in [6.07, 6.45) is 3.68. The monoisotopic (exact) mass is 376 g/mol. The lowest BCUT2D eigenvalue weighted by Gasteiger charge is -2.17. The predicted molar refractivity (Wildman–Crippen MR) is 107 cm³/mol. The molecular weight excluding hydrogens is 355 g/mol. The molecule has 2 heterocycles. The highest BCUT2D eigenvalue weighted by molar-refractivity contribution is 6.01. The smallest absolute Gasteiger partial charge is 0.270 e. The van der Waals surface area contributed by atoms with E-state index >= 15 is 0 Å². The second kappa shape index (κ2) is 6.96. The van der Waals surface area contributed by atoms with Gasteiger partial charge in [0, 0.05) is 43.3 Å². The van der Waals surface area contributed by atoms with Gasteiger partial charge in [-0.05, 0) is 42.8 Å². The number of para-hydroxylation sites is 1. The van der Waals surface area contributed by atoms with Crippen LogP contribution in [0.15, 0.2) is 60.9 Å². The Morgan fingerprint density at radius 3 is 2.68 bits per heavy atom. The van der Waals surface area contributed by atoms with E-state index in [1.165, 1.54) is 12.1 Å². The van der Waals surface area contributed by atoms with E-state index in [4.69, 9.17) is 0 Å². The highest BCUT2D eigenvalue weighted by Crippen LogP contribution is 2.26. The molecule has 28 heavy (non-hydrogen) atoms. The number of rotatable bonds is 4. The van der Waals surface area contributed by atoms with Gasteiger partial charge in [0.2, 0.25) is 0 Å². The van der Waals surface area contributed by atoms with E-state index in [1.807, 2.05) is 55.1 Å². The van der Waals surface area contributed by atoms with Crippen molar-refractivity contribution in [3.63, 3.8) is 0 Å². The zero-order valence-corrected chi connectivity index (χ0v) is 16.1. The summed E-state index contributed by atoms with van der Waals surface area (Å²) < 4.78 is 17.3. The number of amides is 1. The lowest BCUT2D eigenvalue weighted by atomic mass is 10.1. The number of carbonyl (C=O) groups excluding carboxylic acids is 1. The minimum absolute atomic E-state index is 0.107. The first-order valence-electron chi connectivity index (χ1n) is 9.04. The van der Waals surface area contributed by atoms with Crippen LogP contribution in [0.4, 0.5) is 4.39 Å². The Bertz CT molecular complexity index is 1160. The normalized spacial score (nSPS) is 11.1. The third-order valence-electron chi connectivity index (χ3n) is 5.04. The molecule has 2 aromatic heterocycles. The molecule has 4 rings (SSSR count). The van der Waals surface area contributed by atoms with Gasteiger partial charge in [-0.15, -0.1) is 0 Å². The largest absolute Gasteiger partial charge is 0.339 e. The third kappa shape index (κ3) is 3.07. The van der Waals surface area contributed by atoms with Crippen molar-refractivity contribution in [2.75, 3.05) is 7.05 Å². The Morgan fingerprint density at radius 1 is 1.18 bits per heavy atom. The Balaban J connectivity index is 1.59. The molecule has 1 amide bonds. The standard InChI is InChI=1S/C22H21FN4O/c1-15-19-11-17(23)9-10-20(19)26(3)21(15)22(28)25(2)13-16-12-24-27(14-16)18-7-5-4-6-8-18/h4-12,14H,13H2,1-3H3. The maximum Gasteiger partial charge on any atom is 0.270 e. The van der Waals surface area contributed by atoms with E-state index in [2.05, 4.69) is 5.10 Å². The van der Waals surface area contributed by atoms with Gasteiger partial charge in [0.25, 0.3) is 5.91 Å². The molecular formula is C22H21FN4O. The van der Waals surface area contributed by atoms with Crippen LogP contribution in [0.1, 0.15) is 21.6 Å². The van der Waals surface area contributed by atoms with Crippen molar-refractivity contribution in [1.82, 2.24) is 19.2 Å². The van der Waals surface area contributed by atoms with Crippen LogP contribution in [0.3, 0.4) is 0 Å². The first-order valence-corrected chi connectivity index (χ1v) is 9.04. The van der Waals surface area contributed by atoms with Gasteiger partial charge in [-0.2, -0.15) is 5.10 Å². The summed E-state index contributed by atoms with van der Waals surface area (Å²) >= 11 is 0. The summed E-state index contributed by atoms with van der Waals surface area (Å²) in [4.78, 5) is 14.8. The number of aromatic nitrogens is 3. The molecule has 0 aliphatic rings. The van der Waals surface area contributed by atoms with Crippen molar-refractivity contribution in [2.45, 2.75) is 13.5 Å². The second-order valence-corrected chi connectivity index (χ2v) is 6.98. The zero-order chi connectivity index (χ0) is 19.8. The van der Waals surface area contributed by atoms with E-state index in [0.717, 1.165) is 27.7 Å². The molecule has 0 spiro atoms. The van der Waals surface area contributed by atoms with Crippen LogP contribution in [-0.2, 0) is 13.6 Å². The number of benzene rings is 2. The minimum atomic E-state index is -0.304. The highest BCUT2D eigenvalue weighted by Gasteiger charge is 2.22. The third-order valence-corrected chi connectivity index (χ3v) is 5.04. The summed E-state index contributed by atoms with van der Waals surface area (Å²) in [7, 11) is 3.60. The first-order chi connectivity index (χ1) is 13.5. The maximum absolute atomic E-state index is 13.6. The van der Waals surface area contributed by atoms with Gasteiger partial charge in [0.1, 0.15) is 11.5 Å². The van der Waals surface area contributed by atoms with Gasteiger partial charge in [0.05, 0.1) is 11.9 Å². The van der Waals surface area contributed by atoms with Gasteiger partial charge in [0.15, 0.2) is 0 Å². The summed E-state index contributed by atoms with van der Waals surface area (Å²) in [6.45, 7) is 2.29. The Morgan fingerprint density at radius 2 is 1.93 bits per heavy atom. The lowest BCUT2D eigenvalue weighted by molar-refractivity contribution is 0.0775. The fourth-order valence-electron chi connectivity index (χ4n) is 3.59. The average molecular weight is 376 g/mol. The van der Waals surface area contributed by atoms with Crippen molar-refractivity contribution in [1.29, 1.82) is 0 Å². The molecule has 0 bridgehead atoms. The van der Waals surface area contributed by atoms with E-state index in [9.17, 15) is 9.18 Å². The van der Waals surface area contributed by atoms with Crippen LogP contribution in [0.25, 0.3) is 16.6 Å². The fourth-order valence-corrected chi connectivity index (χ4v) is 3.59. The van der Waals surface area contributed by atoms with Crippen molar-refractivity contribution in [3.8, 4) is 5.69 Å². The summed E-state index contributed by atoms with van der Waals surface area (Å²) in [5.41, 5.74) is 4.09. The van der Waals surface area contributed by atoms with E-state index < -0.39 is 0 Å². The fraction of sp³-hybridized carbons (Fsp3) is 0.182. The van der Waals surface area contributed by atoms with Gasteiger partial charge < -0.3 is 9.47 Å². The number of carbonyl (C=O) groups is 1.